The standard InChI is InChI=1S/C21H22N2O4/c24-19(23-11-13-26-14-12-23)9-10-22-21(25)20-15-5-1-3-7-17(15)27-18-8-4-2-6-16(18)20/h1-8,20H,9-14H2,(H,22,25). The predicted octanol–water partition coefficient (Wildman–Crippen LogP) is 2.29. The molecule has 0 unspecified atom stereocenters. The summed E-state index contributed by atoms with van der Waals surface area (Å²) in [6.45, 7) is 2.71. The average molecular weight is 366 g/mol. The number of carbonyl (C=O) groups is 2. The van der Waals surface area contributed by atoms with Gasteiger partial charge in [-0.3, -0.25) is 9.59 Å². The van der Waals surface area contributed by atoms with Crippen molar-refractivity contribution in [2.24, 2.45) is 0 Å². The Labute approximate surface area is 158 Å². The molecular weight excluding hydrogens is 344 g/mol. The zero-order chi connectivity index (χ0) is 18.6. The van der Waals surface area contributed by atoms with Gasteiger partial charge >= 0.3 is 0 Å². The fraction of sp³-hybridized carbons (Fsp3) is 0.333. The van der Waals surface area contributed by atoms with E-state index >= 15 is 0 Å². The highest BCUT2D eigenvalue weighted by atomic mass is 16.5. The summed E-state index contributed by atoms with van der Waals surface area (Å²) < 4.78 is 11.2. The third-order valence-corrected chi connectivity index (χ3v) is 4.94. The normalized spacial score (nSPS) is 16.1. The molecule has 0 aromatic heterocycles. The lowest BCUT2D eigenvalue weighted by atomic mass is 9.87. The van der Waals surface area contributed by atoms with Gasteiger partial charge in [0.2, 0.25) is 11.8 Å². The number of hydrogen-bond donors (Lipinski definition) is 1. The van der Waals surface area contributed by atoms with Crippen molar-refractivity contribution in [1.82, 2.24) is 10.2 Å². The fourth-order valence-corrected chi connectivity index (χ4v) is 3.56. The smallest absolute Gasteiger partial charge is 0.232 e. The zero-order valence-electron chi connectivity index (χ0n) is 15.0. The maximum atomic E-state index is 13.0. The summed E-state index contributed by atoms with van der Waals surface area (Å²) in [7, 11) is 0. The highest BCUT2D eigenvalue weighted by molar-refractivity contribution is 5.90. The van der Waals surface area contributed by atoms with E-state index in [0.29, 0.717) is 44.3 Å². The third kappa shape index (κ3) is 3.66. The highest BCUT2D eigenvalue weighted by Crippen LogP contribution is 2.43. The van der Waals surface area contributed by atoms with Crippen LogP contribution in [0.2, 0.25) is 0 Å². The van der Waals surface area contributed by atoms with Crippen LogP contribution in [0.4, 0.5) is 0 Å². The van der Waals surface area contributed by atoms with Crippen LogP contribution in [0.1, 0.15) is 23.5 Å². The number of fused-ring (bicyclic) bond motifs is 2. The van der Waals surface area contributed by atoms with E-state index in [1.807, 2.05) is 48.5 Å². The first kappa shape index (κ1) is 17.5. The Kier molecular flexibility index (Phi) is 5.07. The number of benzene rings is 2. The lowest BCUT2D eigenvalue weighted by Gasteiger charge is -2.28. The zero-order valence-corrected chi connectivity index (χ0v) is 15.0. The Bertz CT molecular complexity index is 800. The number of para-hydroxylation sites is 2. The van der Waals surface area contributed by atoms with Crippen molar-refractivity contribution in [2.75, 3.05) is 32.8 Å². The van der Waals surface area contributed by atoms with Gasteiger partial charge < -0.3 is 19.7 Å². The Morgan fingerprint density at radius 3 is 2.19 bits per heavy atom. The third-order valence-electron chi connectivity index (χ3n) is 4.94. The molecule has 6 heteroatoms. The van der Waals surface area contributed by atoms with Crippen LogP contribution in [0.5, 0.6) is 11.5 Å². The number of nitrogens with one attached hydrogen (secondary N) is 1. The van der Waals surface area contributed by atoms with Crippen molar-refractivity contribution in [2.45, 2.75) is 12.3 Å². The highest BCUT2D eigenvalue weighted by Gasteiger charge is 2.32. The van der Waals surface area contributed by atoms with Crippen LogP contribution >= 0.6 is 0 Å². The van der Waals surface area contributed by atoms with Crippen molar-refractivity contribution in [3.05, 3.63) is 59.7 Å². The van der Waals surface area contributed by atoms with Crippen LogP contribution in [-0.4, -0.2) is 49.6 Å². The molecule has 2 heterocycles. The molecule has 0 bridgehead atoms. The Morgan fingerprint density at radius 1 is 0.963 bits per heavy atom. The van der Waals surface area contributed by atoms with E-state index in [9.17, 15) is 9.59 Å². The number of morpholine rings is 1. The second kappa shape index (κ2) is 7.80. The number of amides is 2. The van der Waals surface area contributed by atoms with Gasteiger partial charge in [-0.25, -0.2) is 0 Å². The van der Waals surface area contributed by atoms with Gasteiger partial charge in [0, 0.05) is 37.2 Å². The van der Waals surface area contributed by atoms with Gasteiger partial charge in [0.05, 0.1) is 19.1 Å². The number of hydrogen-bond acceptors (Lipinski definition) is 4. The summed E-state index contributed by atoms with van der Waals surface area (Å²) in [4.78, 5) is 27.0. The van der Waals surface area contributed by atoms with Crippen LogP contribution in [-0.2, 0) is 14.3 Å². The van der Waals surface area contributed by atoms with Gasteiger partial charge in [-0.1, -0.05) is 36.4 Å². The Hall–Kier alpha value is -2.86. The molecule has 140 valence electrons. The molecule has 2 aromatic carbocycles. The number of carbonyl (C=O) groups excluding carboxylic acids is 2. The van der Waals surface area contributed by atoms with Crippen molar-refractivity contribution >= 4 is 11.8 Å². The van der Waals surface area contributed by atoms with Gasteiger partial charge in [0.15, 0.2) is 0 Å². The molecule has 6 nitrogen and oxygen atoms in total. The molecule has 0 aliphatic carbocycles. The number of nitrogens with zero attached hydrogens (tertiary/aromatic N) is 1. The molecule has 2 aliphatic rings. The van der Waals surface area contributed by atoms with Crippen molar-refractivity contribution in [3.8, 4) is 11.5 Å². The summed E-state index contributed by atoms with van der Waals surface area (Å²) in [6.07, 6.45) is 0.290. The second-order valence-corrected chi connectivity index (χ2v) is 6.64. The molecule has 1 saturated heterocycles. The Balaban J connectivity index is 1.45. The molecule has 27 heavy (non-hydrogen) atoms. The van der Waals surface area contributed by atoms with Crippen LogP contribution in [0.3, 0.4) is 0 Å². The predicted molar refractivity (Wildman–Crippen MR) is 99.8 cm³/mol. The van der Waals surface area contributed by atoms with E-state index in [0.717, 1.165) is 11.1 Å². The number of ether oxygens (including phenoxy) is 2. The van der Waals surface area contributed by atoms with E-state index in [1.165, 1.54) is 0 Å². The lowest BCUT2D eigenvalue weighted by molar-refractivity contribution is -0.135. The lowest BCUT2D eigenvalue weighted by Crippen LogP contribution is -2.42. The summed E-state index contributed by atoms with van der Waals surface area (Å²) in [5, 5.41) is 2.93. The summed E-state index contributed by atoms with van der Waals surface area (Å²) in [5.41, 5.74) is 1.68. The van der Waals surface area contributed by atoms with Crippen LogP contribution in [0, 0.1) is 0 Å². The largest absolute Gasteiger partial charge is 0.457 e. The quantitative estimate of drug-likeness (QED) is 0.902. The van der Waals surface area contributed by atoms with E-state index < -0.39 is 5.92 Å². The van der Waals surface area contributed by atoms with Crippen LogP contribution in [0.25, 0.3) is 0 Å². The molecular formula is C21H22N2O4. The minimum absolute atomic E-state index is 0.0476. The van der Waals surface area contributed by atoms with E-state index in [2.05, 4.69) is 5.32 Å². The molecule has 0 saturated carbocycles. The van der Waals surface area contributed by atoms with Crippen molar-refractivity contribution in [3.63, 3.8) is 0 Å². The first-order valence-corrected chi connectivity index (χ1v) is 9.23. The summed E-state index contributed by atoms with van der Waals surface area (Å²) in [5.74, 6) is 0.880. The molecule has 4 rings (SSSR count). The molecule has 0 atom stereocenters. The van der Waals surface area contributed by atoms with E-state index in [4.69, 9.17) is 9.47 Å². The molecule has 1 fully saturated rings. The first-order valence-electron chi connectivity index (χ1n) is 9.23. The minimum atomic E-state index is -0.440. The summed E-state index contributed by atoms with van der Waals surface area (Å²) in [6, 6.07) is 15.1. The maximum absolute atomic E-state index is 13.0. The van der Waals surface area contributed by atoms with Crippen LogP contribution in [0.15, 0.2) is 48.5 Å². The van der Waals surface area contributed by atoms with Crippen LogP contribution < -0.4 is 10.1 Å². The first-order chi connectivity index (χ1) is 13.2. The molecule has 2 aromatic rings. The fourth-order valence-electron chi connectivity index (χ4n) is 3.56. The van der Waals surface area contributed by atoms with Crippen molar-refractivity contribution in [1.29, 1.82) is 0 Å². The molecule has 2 aliphatic heterocycles. The maximum Gasteiger partial charge on any atom is 0.232 e. The number of rotatable bonds is 4. The SMILES string of the molecule is O=C(NCCC(=O)N1CCOCC1)C1c2ccccc2Oc2ccccc21. The average Bonchev–Trinajstić information content (AvgIpc) is 2.72. The Morgan fingerprint density at radius 2 is 1.56 bits per heavy atom. The summed E-state index contributed by atoms with van der Waals surface area (Å²) >= 11 is 0. The van der Waals surface area contributed by atoms with Gasteiger partial charge in [-0.2, -0.15) is 0 Å². The molecule has 0 spiro atoms. The van der Waals surface area contributed by atoms with Gasteiger partial charge in [0.1, 0.15) is 11.5 Å². The van der Waals surface area contributed by atoms with E-state index in [-0.39, 0.29) is 18.2 Å². The second-order valence-electron chi connectivity index (χ2n) is 6.64. The van der Waals surface area contributed by atoms with E-state index in [1.54, 1.807) is 4.90 Å². The monoisotopic (exact) mass is 366 g/mol. The van der Waals surface area contributed by atoms with Crippen molar-refractivity contribution < 1.29 is 19.1 Å². The van der Waals surface area contributed by atoms with Gasteiger partial charge in [0.25, 0.3) is 0 Å². The topological polar surface area (TPSA) is 67.9 Å². The molecule has 0 radical (unpaired) electrons. The van der Waals surface area contributed by atoms with Gasteiger partial charge in [-0.05, 0) is 12.1 Å². The minimum Gasteiger partial charge on any atom is -0.457 e. The van der Waals surface area contributed by atoms with Gasteiger partial charge in [-0.15, -0.1) is 0 Å². The molecule has 2 amide bonds. The molecule has 1 N–H and O–H groups in total.